The lowest BCUT2D eigenvalue weighted by molar-refractivity contribution is -0.114. The van der Waals surface area contributed by atoms with Crippen molar-refractivity contribution in [2.75, 3.05) is 0 Å². The fraction of sp³-hybridized carbons (Fsp3) is 0. The van der Waals surface area contributed by atoms with Crippen molar-refractivity contribution in [3.63, 3.8) is 0 Å². The van der Waals surface area contributed by atoms with Crippen LogP contribution in [0.5, 0.6) is 0 Å². The lowest BCUT2D eigenvalue weighted by Crippen LogP contribution is -2.15. The van der Waals surface area contributed by atoms with Crippen LogP contribution in [0.1, 0.15) is 0 Å². The Hall–Kier alpha value is -1.91. The summed E-state index contributed by atoms with van der Waals surface area (Å²) < 4.78 is 0. The molecule has 0 unspecified atom stereocenters. The first-order chi connectivity index (χ1) is 6.11. The largest absolute Gasteiger partial charge is 0.288 e. The number of ketones is 2. The van der Waals surface area contributed by atoms with Gasteiger partial charge in [-0.05, 0) is 0 Å². The van der Waals surface area contributed by atoms with Crippen molar-refractivity contribution in [3.05, 3.63) is 22.3 Å². The molecule has 0 atom stereocenters. The van der Waals surface area contributed by atoms with Gasteiger partial charge in [-0.3, -0.25) is 9.59 Å². The van der Waals surface area contributed by atoms with Crippen LogP contribution >= 0.6 is 11.6 Å². The van der Waals surface area contributed by atoms with Gasteiger partial charge in [0.25, 0.3) is 0 Å². The van der Waals surface area contributed by atoms with Gasteiger partial charge in [-0.25, -0.2) is 0 Å². The van der Waals surface area contributed by atoms with Crippen molar-refractivity contribution in [3.8, 4) is 12.1 Å². The maximum Gasteiger partial charge on any atom is 0.216 e. The molecule has 0 N–H and O–H groups in total. The van der Waals surface area contributed by atoms with Gasteiger partial charge in [-0.2, -0.15) is 10.5 Å². The Morgan fingerprint density at radius 3 is 2.31 bits per heavy atom. The molecule has 0 spiro atoms. The van der Waals surface area contributed by atoms with Crippen LogP contribution in [0.2, 0.25) is 0 Å². The number of nitriles is 2. The van der Waals surface area contributed by atoms with Crippen LogP contribution in [0.25, 0.3) is 0 Å². The Morgan fingerprint density at radius 2 is 1.85 bits per heavy atom. The van der Waals surface area contributed by atoms with E-state index in [-0.39, 0.29) is 5.57 Å². The molecule has 0 radical (unpaired) electrons. The lowest BCUT2D eigenvalue weighted by Gasteiger charge is -2.04. The van der Waals surface area contributed by atoms with E-state index in [1.165, 1.54) is 12.1 Å². The first-order valence-electron chi connectivity index (χ1n) is 3.12. The van der Waals surface area contributed by atoms with Crippen molar-refractivity contribution in [2.24, 2.45) is 0 Å². The van der Waals surface area contributed by atoms with Gasteiger partial charge in [0.2, 0.25) is 5.78 Å². The van der Waals surface area contributed by atoms with Gasteiger partial charge in [-0.1, -0.05) is 11.6 Å². The van der Waals surface area contributed by atoms with Crippen LogP contribution in [0.15, 0.2) is 22.3 Å². The molecule has 1 aliphatic carbocycles. The highest BCUT2D eigenvalue weighted by Gasteiger charge is 2.27. The fourth-order valence-electron chi connectivity index (χ4n) is 0.796. The second-order valence-corrected chi connectivity index (χ2v) is 2.54. The summed E-state index contributed by atoms with van der Waals surface area (Å²) >= 11 is 5.40. The molecule has 0 fully saturated rings. The van der Waals surface area contributed by atoms with Crippen molar-refractivity contribution in [1.82, 2.24) is 0 Å². The molecule has 1 aliphatic rings. The zero-order chi connectivity index (χ0) is 10.0. The third-order valence-corrected chi connectivity index (χ3v) is 1.78. The molecule has 1 rings (SSSR count). The first kappa shape index (κ1) is 9.18. The second kappa shape index (κ2) is 3.22. The highest BCUT2D eigenvalue weighted by molar-refractivity contribution is 6.50. The zero-order valence-electron chi connectivity index (χ0n) is 6.17. The number of hydrogen-bond acceptors (Lipinski definition) is 4. The van der Waals surface area contributed by atoms with E-state index in [1.807, 2.05) is 0 Å². The van der Waals surface area contributed by atoms with Gasteiger partial charge in [0.15, 0.2) is 5.78 Å². The predicted octanol–water partition coefficient (Wildman–Crippen LogP) is 0.605. The summed E-state index contributed by atoms with van der Waals surface area (Å²) in [6.07, 6.45) is 0.812. The predicted molar refractivity (Wildman–Crippen MR) is 42.2 cm³/mol. The Labute approximate surface area is 78.3 Å². The Balaban J connectivity index is 3.32. The third kappa shape index (κ3) is 1.35. The van der Waals surface area contributed by atoms with Crippen molar-refractivity contribution in [2.45, 2.75) is 0 Å². The summed E-state index contributed by atoms with van der Waals surface area (Å²) in [4.78, 5) is 22.1. The topological polar surface area (TPSA) is 81.7 Å². The normalized spacial score (nSPS) is 16.4. The molecule has 4 nitrogen and oxygen atoms in total. The minimum atomic E-state index is -0.777. The summed E-state index contributed by atoms with van der Waals surface area (Å²) in [6.45, 7) is 0. The molecule has 0 aromatic rings. The highest BCUT2D eigenvalue weighted by atomic mass is 35.5. The van der Waals surface area contributed by atoms with Crippen LogP contribution < -0.4 is 0 Å². The molecule has 0 bridgehead atoms. The monoisotopic (exact) mass is 192 g/mol. The number of carbonyl (C=O) groups excluding carboxylic acids is 2. The fourth-order valence-corrected chi connectivity index (χ4v) is 1.03. The molecule has 0 amide bonds. The number of rotatable bonds is 0. The van der Waals surface area contributed by atoms with E-state index in [1.54, 1.807) is 0 Å². The number of allylic oxidation sites excluding steroid dienone is 4. The van der Waals surface area contributed by atoms with Gasteiger partial charge < -0.3 is 0 Å². The minimum Gasteiger partial charge on any atom is -0.288 e. The standard InChI is InChI=1S/C8HClN2O2/c9-7-5(3-11)6(12)1-4(2-10)8(7)13/h1H. The number of halogens is 1. The number of hydrogen-bond donors (Lipinski definition) is 0. The average Bonchev–Trinajstić information content (AvgIpc) is 2.12. The number of Topliss-reactive ketones (excluding diaryl/α,β-unsaturated/α-hetero) is 1. The lowest BCUT2D eigenvalue weighted by atomic mass is 9.98. The van der Waals surface area contributed by atoms with Gasteiger partial charge in [0.05, 0.1) is 0 Å². The zero-order valence-corrected chi connectivity index (χ0v) is 6.92. The smallest absolute Gasteiger partial charge is 0.216 e. The summed E-state index contributed by atoms with van der Waals surface area (Å²) in [5, 5.41) is 16.4. The molecule has 0 saturated heterocycles. The van der Waals surface area contributed by atoms with E-state index in [0.717, 1.165) is 6.08 Å². The molecule has 0 heterocycles. The molecular formula is C8HClN2O2. The highest BCUT2D eigenvalue weighted by Crippen LogP contribution is 2.21. The Kier molecular flexibility index (Phi) is 2.27. The van der Waals surface area contributed by atoms with Gasteiger partial charge in [0, 0.05) is 6.08 Å². The minimum absolute atomic E-state index is 0.339. The summed E-state index contributed by atoms with van der Waals surface area (Å²) in [6, 6.07) is 3.02. The van der Waals surface area contributed by atoms with Gasteiger partial charge in [-0.15, -0.1) is 0 Å². The van der Waals surface area contributed by atoms with Gasteiger partial charge >= 0.3 is 0 Å². The molecule has 5 heteroatoms. The number of nitrogens with zero attached hydrogens (tertiary/aromatic N) is 2. The van der Waals surface area contributed by atoms with Crippen molar-refractivity contribution < 1.29 is 9.59 Å². The maximum absolute atomic E-state index is 11.1. The van der Waals surface area contributed by atoms with E-state index in [9.17, 15) is 9.59 Å². The number of carbonyl (C=O) groups is 2. The molecule has 0 aromatic carbocycles. The van der Waals surface area contributed by atoms with Crippen LogP contribution in [0, 0.1) is 22.7 Å². The summed E-state index contributed by atoms with van der Waals surface area (Å²) in [5.74, 6) is -1.48. The van der Waals surface area contributed by atoms with Crippen molar-refractivity contribution in [1.29, 1.82) is 10.5 Å². The summed E-state index contributed by atoms with van der Waals surface area (Å²) in [7, 11) is 0. The molecule has 62 valence electrons. The van der Waals surface area contributed by atoms with Crippen LogP contribution in [0.4, 0.5) is 0 Å². The maximum atomic E-state index is 11.1. The molecule has 0 saturated carbocycles. The molecule has 0 aliphatic heterocycles. The van der Waals surface area contributed by atoms with E-state index >= 15 is 0 Å². The van der Waals surface area contributed by atoms with E-state index in [2.05, 4.69) is 0 Å². The average molecular weight is 193 g/mol. The Bertz CT molecular complexity index is 446. The van der Waals surface area contributed by atoms with E-state index < -0.39 is 22.2 Å². The van der Waals surface area contributed by atoms with Crippen LogP contribution in [-0.4, -0.2) is 11.6 Å². The van der Waals surface area contributed by atoms with Crippen LogP contribution in [0.3, 0.4) is 0 Å². The quantitative estimate of drug-likeness (QED) is 0.527. The SMILES string of the molecule is N#CC1=CC(=O)C(C#N)=C(Cl)C1=O. The van der Waals surface area contributed by atoms with Gasteiger partial charge in [0.1, 0.15) is 28.3 Å². The van der Waals surface area contributed by atoms with E-state index in [4.69, 9.17) is 22.1 Å². The summed E-state index contributed by atoms with van der Waals surface area (Å²) in [5.41, 5.74) is -0.750. The second-order valence-electron chi connectivity index (χ2n) is 2.16. The van der Waals surface area contributed by atoms with E-state index in [0.29, 0.717) is 0 Å². The molecule has 13 heavy (non-hydrogen) atoms. The van der Waals surface area contributed by atoms with Crippen molar-refractivity contribution >= 4 is 23.2 Å². The molecular weight excluding hydrogens is 192 g/mol. The third-order valence-electron chi connectivity index (χ3n) is 1.42. The Morgan fingerprint density at radius 1 is 1.23 bits per heavy atom. The van der Waals surface area contributed by atoms with Crippen LogP contribution in [-0.2, 0) is 9.59 Å². The molecule has 0 aromatic heterocycles. The first-order valence-corrected chi connectivity index (χ1v) is 3.50.